The van der Waals surface area contributed by atoms with E-state index in [1.165, 1.54) is 23.1 Å². The van der Waals surface area contributed by atoms with Gasteiger partial charge in [0.15, 0.2) is 4.34 Å². The molecule has 0 unspecified atom stereocenters. The molecule has 0 saturated carbocycles. The molecule has 0 spiro atoms. The van der Waals surface area contributed by atoms with Crippen LogP contribution in [0.1, 0.15) is 11.5 Å². The van der Waals surface area contributed by atoms with Crippen LogP contribution in [0.4, 0.5) is 5.13 Å². The van der Waals surface area contributed by atoms with Crippen molar-refractivity contribution in [3.8, 4) is 11.5 Å². The van der Waals surface area contributed by atoms with E-state index in [9.17, 15) is 4.79 Å². The van der Waals surface area contributed by atoms with Crippen molar-refractivity contribution >= 4 is 45.7 Å². The van der Waals surface area contributed by atoms with E-state index >= 15 is 0 Å². The molecule has 146 valence electrons. The normalized spacial score (nSPS) is 10.8. The Morgan fingerprint density at radius 1 is 1.03 bits per heavy atom. The van der Waals surface area contributed by atoms with Crippen LogP contribution in [-0.2, 0) is 17.0 Å². The fourth-order valence-corrected chi connectivity index (χ4v) is 4.13. The molecule has 4 rings (SSSR count). The number of halogens is 1. The van der Waals surface area contributed by atoms with Crippen LogP contribution in [0, 0.1) is 0 Å². The van der Waals surface area contributed by atoms with E-state index in [2.05, 4.69) is 25.7 Å². The summed E-state index contributed by atoms with van der Waals surface area (Å²) in [5, 5.41) is 20.0. The molecule has 0 fully saturated rings. The van der Waals surface area contributed by atoms with Crippen LogP contribution in [0.15, 0.2) is 63.4 Å². The van der Waals surface area contributed by atoms with E-state index in [-0.39, 0.29) is 12.3 Å². The van der Waals surface area contributed by atoms with Gasteiger partial charge in [-0.15, -0.1) is 20.4 Å². The van der Waals surface area contributed by atoms with E-state index in [0.717, 1.165) is 11.1 Å². The monoisotopic (exact) mass is 443 g/mol. The average molecular weight is 444 g/mol. The van der Waals surface area contributed by atoms with Crippen molar-refractivity contribution < 1.29 is 9.21 Å². The molecule has 0 atom stereocenters. The van der Waals surface area contributed by atoms with Crippen molar-refractivity contribution in [1.82, 2.24) is 20.4 Å². The predicted octanol–water partition coefficient (Wildman–Crippen LogP) is 4.72. The van der Waals surface area contributed by atoms with Gasteiger partial charge in [-0.25, -0.2) is 0 Å². The highest BCUT2D eigenvalue weighted by Crippen LogP contribution is 2.29. The Morgan fingerprint density at radius 3 is 2.62 bits per heavy atom. The first kappa shape index (κ1) is 19.6. The molecule has 7 nitrogen and oxygen atoms in total. The maximum Gasteiger partial charge on any atom is 0.247 e. The highest BCUT2D eigenvalue weighted by molar-refractivity contribution is 8.00. The number of thioether (sulfide) groups is 1. The van der Waals surface area contributed by atoms with Gasteiger partial charge in [-0.3, -0.25) is 4.79 Å². The molecule has 0 aliphatic heterocycles. The summed E-state index contributed by atoms with van der Waals surface area (Å²) >= 11 is 8.57. The first-order valence-corrected chi connectivity index (χ1v) is 10.7. The Labute approximate surface area is 179 Å². The molecule has 0 saturated heterocycles. The van der Waals surface area contributed by atoms with Crippen LogP contribution in [0.2, 0.25) is 5.02 Å². The molecule has 2 aromatic carbocycles. The van der Waals surface area contributed by atoms with Crippen LogP contribution in [0.5, 0.6) is 0 Å². The average Bonchev–Trinajstić information content (AvgIpc) is 3.38. The van der Waals surface area contributed by atoms with E-state index in [1.807, 2.05) is 42.5 Å². The molecular formula is C19H14ClN5O2S2. The Hall–Kier alpha value is -2.75. The first-order valence-electron chi connectivity index (χ1n) is 8.54. The molecule has 2 heterocycles. The van der Waals surface area contributed by atoms with Crippen LogP contribution in [-0.4, -0.2) is 26.3 Å². The molecule has 2 aromatic heterocycles. The third kappa shape index (κ3) is 5.41. The third-order valence-corrected chi connectivity index (χ3v) is 5.95. The van der Waals surface area contributed by atoms with E-state index < -0.39 is 0 Å². The third-order valence-electron chi connectivity index (χ3n) is 3.74. The predicted molar refractivity (Wildman–Crippen MR) is 113 cm³/mol. The number of hydrogen-bond donors (Lipinski definition) is 1. The number of anilines is 1. The number of nitrogens with one attached hydrogen (secondary N) is 1. The van der Waals surface area contributed by atoms with E-state index in [0.29, 0.717) is 32.0 Å². The SMILES string of the molecule is O=C(Cc1ccc(Cl)cc1)Nc1nnc(SCc2nnc(-c3ccccc3)o2)s1. The van der Waals surface area contributed by atoms with Crippen molar-refractivity contribution in [3.63, 3.8) is 0 Å². The summed E-state index contributed by atoms with van der Waals surface area (Å²) in [6, 6.07) is 16.7. The second-order valence-corrected chi connectivity index (χ2v) is 8.52. The van der Waals surface area contributed by atoms with E-state index in [1.54, 1.807) is 12.1 Å². The summed E-state index contributed by atoms with van der Waals surface area (Å²) < 4.78 is 6.37. The van der Waals surface area contributed by atoms with E-state index in [4.69, 9.17) is 16.0 Å². The maximum absolute atomic E-state index is 12.1. The lowest BCUT2D eigenvalue weighted by Gasteiger charge is -2.01. The van der Waals surface area contributed by atoms with Gasteiger partial charge in [0.25, 0.3) is 0 Å². The van der Waals surface area contributed by atoms with Crippen LogP contribution in [0.3, 0.4) is 0 Å². The summed E-state index contributed by atoms with van der Waals surface area (Å²) in [4.78, 5) is 12.1. The number of benzene rings is 2. The minimum absolute atomic E-state index is 0.163. The van der Waals surface area contributed by atoms with Crippen molar-refractivity contribution in [2.75, 3.05) is 5.32 Å². The quantitative estimate of drug-likeness (QED) is 0.326. The zero-order chi connectivity index (χ0) is 20.1. The fourth-order valence-electron chi connectivity index (χ4n) is 2.40. The summed E-state index contributed by atoms with van der Waals surface area (Å²) in [6.07, 6.45) is 0.240. The second-order valence-electron chi connectivity index (χ2n) is 5.88. The van der Waals surface area contributed by atoms with Crippen LogP contribution >= 0.6 is 34.7 Å². The largest absolute Gasteiger partial charge is 0.420 e. The summed E-state index contributed by atoms with van der Waals surface area (Å²) in [5.41, 5.74) is 1.74. The Balaban J connectivity index is 1.30. The van der Waals surface area contributed by atoms with Gasteiger partial charge in [-0.05, 0) is 29.8 Å². The zero-order valence-electron chi connectivity index (χ0n) is 14.9. The zero-order valence-corrected chi connectivity index (χ0v) is 17.3. The van der Waals surface area contributed by atoms with Crippen LogP contribution < -0.4 is 5.32 Å². The Morgan fingerprint density at radius 2 is 1.83 bits per heavy atom. The van der Waals surface area contributed by atoms with Crippen molar-refractivity contribution in [3.05, 3.63) is 71.1 Å². The van der Waals surface area contributed by atoms with Crippen LogP contribution in [0.25, 0.3) is 11.5 Å². The van der Waals surface area contributed by atoms with Crippen molar-refractivity contribution in [2.24, 2.45) is 0 Å². The number of nitrogens with zero attached hydrogens (tertiary/aromatic N) is 4. The molecular weight excluding hydrogens is 430 g/mol. The van der Waals surface area contributed by atoms with Gasteiger partial charge in [0.2, 0.25) is 22.8 Å². The van der Waals surface area contributed by atoms with Crippen molar-refractivity contribution in [1.29, 1.82) is 0 Å². The molecule has 0 radical (unpaired) electrons. The lowest BCUT2D eigenvalue weighted by Crippen LogP contribution is -2.14. The summed E-state index contributed by atoms with van der Waals surface area (Å²) in [6.45, 7) is 0. The number of amides is 1. The fraction of sp³-hybridized carbons (Fsp3) is 0.105. The Kier molecular flexibility index (Phi) is 6.18. The molecule has 0 bridgehead atoms. The highest BCUT2D eigenvalue weighted by Gasteiger charge is 2.12. The molecule has 4 aromatic rings. The number of carbonyl (C=O) groups excluding carboxylic acids is 1. The number of aromatic nitrogens is 4. The first-order chi connectivity index (χ1) is 14.2. The molecule has 29 heavy (non-hydrogen) atoms. The van der Waals surface area contributed by atoms with Gasteiger partial charge in [0.1, 0.15) is 0 Å². The lowest BCUT2D eigenvalue weighted by atomic mass is 10.1. The van der Waals surface area contributed by atoms with Gasteiger partial charge >= 0.3 is 0 Å². The van der Waals surface area contributed by atoms with Crippen molar-refractivity contribution in [2.45, 2.75) is 16.5 Å². The standard InChI is InChI=1S/C19H14ClN5O2S2/c20-14-8-6-12(7-9-14)10-15(26)21-18-24-25-19(29-18)28-11-16-22-23-17(27-16)13-4-2-1-3-5-13/h1-9H,10-11H2,(H,21,24,26). The van der Waals surface area contributed by atoms with Gasteiger partial charge in [0, 0.05) is 10.6 Å². The van der Waals surface area contributed by atoms with Gasteiger partial charge in [-0.2, -0.15) is 0 Å². The summed E-state index contributed by atoms with van der Waals surface area (Å²) in [7, 11) is 0. The maximum atomic E-state index is 12.1. The highest BCUT2D eigenvalue weighted by atomic mass is 35.5. The van der Waals surface area contributed by atoms with Gasteiger partial charge in [0.05, 0.1) is 12.2 Å². The number of hydrogen-bond acceptors (Lipinski definition) is 8. The molecule has 0 aliphatic rings. The molecule has 0 aliphatic carbocycles. The lowest BCUT2D eigenvalue weighted by molar-refractivity contribution is -0.115. The Bertz CT molecular complexity index is 1100. The molecule has 10 heteroatoms. The topological polar surface area (TPSA) is 93.8 Å². The minimum Gasteiger partial charge on any atom is -0.420 e. The minimum atomic E-state index is -0.163. The number of rotatable bonds is 7. The molecule has 1 amide bonds. The second kappa shape index (κ2) is 9.17. The van der Waals surface area contributed by atoms with Gasteiger partial charge < -0.3 is 9.73 Å². The van der Waals surface area contributed by atoms with Gasteiger partial charge in [-0.1, -0.05) is 65.0 Å². The smallest absolute Gasteiger partial charge is 0.247 e. The summed E-state index contributed by atoms with van der Waals surface area (Å²) in [5.74, 6) is 1.28. The number of carbonyl (C=O) groups is 1. The molecule has 1 N–H and O–H groups in total.